The van der Waals surface area contributed by atoms with E-state index in [0.717, 1.165) is 5.56 Å². The second kappa shape index (κ2) is 7.83. The molecule has 0 aliphatic heterocycles. The Hall–Kier alpha value is 0.500. The third-order valence-electron chi connectivity index (χ3n) is 1.74. The topological polar surface area (TPSA) is 0 Å². The van der Waals surface area contributed by atoms with Crippen molar-refractivity contribution in [1.82, 2.24) is 0 Å². The Bertz CT molecular complexity index is 434. The lowest BCUT2D eigenvalue weighted by Crippen LogP contribution is -1.81. The summed E-state index contributed by atoms with van der Waals surface area (Å²) in [5.41, 5.74) is 1.14. The monoisotopic (exact) mass is 346 g/mol. The smallest absolute Gasteiger partial charge is 0.108 e. The highest BCUT2D eigenvalue weighted by molar-refractivity contribution is 8.03. The van der Waals surface area contributed by atoms with E-state index in [2.05, 4.69) is 0 Å². The summed E-state index contributed by atoms with van der Waals surface area (Å²) < 4.78 is 0.259. The van der Waals surface area contributed by atoms with Crippen LogP contribution in [0, 0.1) is 0 Å². The number of halogens is 5. The molecule has 6 heteroatoms. The van der Waals surface area contributed by atoms with Gasteiger partial charge in [-0.2, -0.15) is 0 Å². The minimum atomic E-state index is -0.102. The van der Waals surface area contributed by atoms with Crippen molar-refractivity contribution >= 4 is 69.8 Å². The van der Waals surface area contributed by atoms with Crippen molar-refractivity contribution in [3.05, 3.63) is 54.8 Å². The first-order valence-electron chi connectivity index (χ1n) is 4.45. The molecule has 0 saturated heterocycles. The van der Waals surface area contributed by atoms with Crippen molar-refractivity contribution in [2.45, 2.75) is 5.75 Å². The highest BCUT2D eigenvalue weighted by atomic mass is 35.5. The lowest BCUT2D eigenvalue weighted by molar-refractivity contribution is 1.42. The van der Waals surface area contributed by atoms with Crippen molar-refractivity contribution in [1.29, 1.82) is 0 Å². The predicted molar refractivity (Wildman–Crippen MR) is 81.1 cm³/mol. The molecule has 0 atom stereocenters. The number of allylic oxidation sites excluding steroid dienone is 2. The average molecular weight is 349 g/mol. The minimum Gasteiger partial charge on any atom is -0.108 e. The number of rotatable bonds is 4. The van der Waals surface area contributed by atoms with Gasteiger partial charge >= 0.3 is 0 Å². The summed E-state index contributed by atoms with van der Waals surface area (Å²) in [7, 11) is 0. The molecule has 1 aromatic carbocycles. The molecule has 0 aliphatic rings. The van der Waals surface area contributed by atoms with Gasteiger partial charge in [0.15, 0.2) is 0 Å². The third-order valence-corrected chi connectivity index (χ3v) is 4.82. The van der Waals surface area contributed by atoms with Crippen molar-refractivity contribution in [3.63, 3.8) is 0 Å². The minimum absolute atomic E-state index is 0.0561. The maximum absolute atomic E-state index is 5.99. The van der Waals surface area contributed by atoms with Crippen LogP contribution in [-0.2, 0) is 5.75 Å². The van der Waals surface area contributed by atoms with Gasteiger partial charge in [-0.15, -0.1) is 11.8 Å². The lowest BCUT2D eigenvalue weighted by atomic mass is 10.2. The zero-order valence-corrected chi connectivity index (χ0v) is 13.0. The lowest BCUT2D eigenvalue weighted by Gasteiger charge is -2.03. The standard InChI is InChI=1S/C11H7Cl5S/c12-8(10(14)15)9(13)11(16)17-6-7-4-2-1-3-5-7/h1-5H,6H2/b11-9-. The predicted octanol–water partition coefficient (Wildman–Crippen LogP) is 6.45. The molecule has 0 spiro atoms. The Labute approximate surface area is 130 Å². The van der Waals surface area contributed by atoms with Gasteiger partial charge in [0.2, 0.25) is 0 Å². The number of hydrogen-bond donors (Lipinski definition) is 0. The van der Waals surface area contributed by atoms with Crippen LogP contribution < -0.4 is 0 Å². The second-order valence-corrected chi connectivity index (χ2v) is 6.23. The molecular formula is C11H7Cl5S. The van der Waals surface area contributed by atoms with E-state index in [0.29, 0.717) is 10.1 Å². The van der Waals surface area contributed by atoms with E-state index in [1.165, 1.54) is 11.8 Å². The van der Waals surface area contributed by atoms with Crippen molar-refractivity contribution in [2.24, 2.45) is 0 Å². The van der Waals surface area contributed by atoms with E-state index in [-0.39, 0.29) is 14.6 Å². The first-order chi connectivity index (χ1) is 8.02. The molecule has 92 valence electrons. The number of benzene rings is 1. The molecule has 0 fully saturated rings. The average Bonchev–Trinajstić information content (AvgIpc) is 2.35. The third kappa shape index (κ3) is 5.34. The molecule has 0 saturated carbocycles. The van der Waals surface area contributed by atoms with Crippen molar-refractivity contribution in [3.8, 4) is 0 Å². The quantitative estimate of drug-likeness (QED) is 0.563. The van der Waals surface area contributed by atoms with Crippen LogP contribution in [0.2, 0.25) is 0 Å². The largest absolute Gasteiger partial charge is 0.127 e. The van der Waals surface area contributed by atoms with Crippen LogP contribution in [0.15, 0.2) is 49.3 Å². The van der Waals surface area contributed by atoms with Crippen molar-refractivity contribution < 1.29 is 0 Å². The SMILES string of the molecule is ClC(Cl)=C(Cl)/C(Cl)=C(\Cl)SCc1ccccc1. The Morgan fingerprint density at radius 3 is 2.00 bits per heavy atom. The van der Waals surface area contributed by atoms with Gasteiger partial charge in [-0.3, -0.25) is 0 Å². The first kappa shape index (κ1) is 15.6. The van der Waals surface area contributed by atoms with Crippen LogP contribution in [0.3, 0.4) is 0 Å². The molecule has 17 heavy (non-hydrogen) atoms. The summed E-state index contributed by atoms with van der Waals surface area (Å²) in [6.45, 7) is 0. The molecule has 0 aliphatic carbocycles. The maximum atomic E-state index is 5.99. The van der Waals surface area contributed by atoms with E-state index in [4.69, 9.17) is 58.0 Å². The van der Waals surface area contributed by atoms with Gasteiger partial charge in [0.25, 0.3) is 0 Å². The fourth-order valence-corrected chi connectivity index (χ4v) is 2.67. The molecule has 0 amide bonds. The van der Waals surface area contributed by atoms with Crippen LogP contribution in [0.25, 0.3) is 0 Å². The maximum Gasteiger partial charge on any atom is 0.127 e. The fourth-order valence-electron chi connectivity index (χ4n) is 0.954. The second-order valence-electron chi connectivity index (χ2n) is 2.94. The number of hydrogen-bond acceptors (Lipinski definition) is 1. The zero-order chi connectivity index (χ0) is 12.8. The molecule has 0 aromatic heterocycles. The molecule has 0 bridgehead atoms. The molecule has 0 unspecified atom stereocenters. The molecule has 1 aromatic rings. The van der Waals surface area contributed by atoms with Gasteiger partial charge in [0, 0.05) is 5.75 Å². The van der Waals surface area contributed by atoms with E-state index in [9.17, 15) is 0 Å². The molecule has 0 N–H and O–H groups in total. The summed E-state index contributed by atoms with van der Waals surface area (Å²) in [5.74, 6) is 0.694. The van der Waals surface area contributed by atoms with Gasteiger partial charge in [-0.1, -0.05) is 88.3 Å². The fraction of sp³-hybridized carbons (Fsp3) is 0.0909. The summed E-state index contributed by atoms with van der Waals surface area (Å²) >= 11 is 30.1. The summed E-state index contributed by atoms with van der Waals surface area (Å²) in [4.78, 5) is 0. The van der Waals surface area contributed by atoms with E-state index in [1.54, 1.807) is 0 Å². The normalized spacial score (nSPS) is 12.1. The molecule has 0 nitrogen and oxygen atoms in total. The van der Waals surface area contributed by atoms with Crippen molar-refractivity contribution in [2.75, 3.05) is 0 Å². The Morgan fingerprint density at radius 2 is 1.47 bits per heavy atom. The number of thioether (sulfide) groups is 1. The van der Waals surface area contributed by atoms with E-state index in [1.807, 2.05) is 30.3 Å². The van der Waals surface area contributed by atoms with Gasteiger partial charge in [-0.05, 0) is 5.56 Å². The zero-order valence-electron chi connectivity index (χ0n) is 8.39. The van der Waals surface area contributed by atoms with E-state index >= 15 is 0 Å². The molecule has 0 heterocycles. The molecule has 0 radical (unpaired) electrons. The van der Waals surface area contributed by atoms with Crippen LogP contribution in [0.1, 0.15) is 5.56 Å². The van der Waals surface area contributed by atoms with E-state index < -0.39 is 0 Å². The molecular weight excluding hydrogens is 341 g/mol. The summed E-state index contributed by atoms with van der Waals surface area (Å²) in [6, 6.07) is 9.86. The Balaban J connectivity index is 2.70. The van der Waals surface area contributed by atoms with Crippen LogP contribution in [0.4, 0.5) is 0 Å². The first-order valence-corrected chi connectivity index (χ1v) is 7.33. The van der Waals surface area contributed by atoms with Gasteiger partial charge in [-0.25, -0.2) is 0 Å². The highest BCUT2D eigenvalue weighted by Crippen LogP contribution is 2.37. The van der Waals surface area contributed by atoms with Gasteiger partial charge < -0.3 is 0 Å². The Kier molecular flexibility index (Phi) is 7.17. The Morgan fingerprint density at radius 1 is 0.882 bits per heavy atom. The molecule has 1 rings (SSSR count). The van der Waals surface area contributed by atoms with Gasteiger partial charge in [0.1, 0.15) is 4.49 Å². The summed E-state index contributed by atoms with van der Waals surface area (Å²) in [5, 5.41) is 0.217. The van der Waals surface area contributed by atoms with Crippen LogP contribution >= 0.6 is 69.8 Å². The summed E-state index contributed by atoms with van der Waals surface area (Å²) in [6.07, 6.45) is 0. The van der Waals surface area contributed by atoms with Crippen LogP contribution in [-0.4, -0.2) is 0 Å². The van der Waals surface area contributed by atoms with Crippen LogP contribution in [0.5, 0.6) is 0 Å². The van der Waals surface area contributed by atoms with Gasteiger partial charge in [0.05, 0.1) is 14.4 Å². The highest BCUT2D eigenvalue weighted by Gasteiger charge is 2.10.